The van der Waals surface area contributed by atoms with Gasteiger partial charge in [0.2, 0.25) is 5.91 Å². The highest BCUT2D eigenvalue weighted by Gasteiger charge is 2.36. The summed E-state index contributed by atoms with van der Waals surface area (Å²) < 4.78 is 5.19. The maximum atomic E-state index is 12.6. The predicted octanol–water partition coefficient (Wildman–Crippen LogP) is 1.64. The molecule has 0 aromatic heterocycles. The van der Waals surface area contributed by atoms with E-state index in [9.17, 15) is 9.90 Å². The van der Waals surface area contributed by atoms with Gasteiger partial charge >= 0.3 is 0 Å². The number of aliphatic hydroxyl groups is 1. The fourth-order valence-electron chi connectivity index (χ4n) is 3.83. The van der Waals surface area contributed by atoms with Crippen LogP contribution in [0.2, 0.25) is 0 Å². The Labute approximate surface area is 134 Å². The lowest BCUT2D eigenvalue weighted by atomic mass is 9.96. The summed E-state index contributed by atoms with van der Waals surface area (Å²) in [6.07, 6.45) is 6.21. The SMILES string of the molecule is CCCC1CN(C(=O)CC2(O)CCCC2)CCN1CCOC. The summed E-state index contributed by atoms with van der Waals surface area (Å²) in [7, 11) is 1.73. The maximum Gasteiger partial charge on any atom is 0.225 e. The average Bonchev–Trinajstić information content (AvgIpc) is 2.92. The smallest absolute Gasteiger partial charge is 0.225 e. The van der Waals surface area contributed by atoms with Crippen LogP contribution < -0.4 is 0 Å². The molecule has 5 heteroatoms. The molecule has 0 bridgehead atoms. The summed E-state index contributed by atoms with van der Waals surface area (Å²) in [5.74, 6) is 0.136. The molecule has 1 aliphatic carbocycles. The van der Waals surface area contributed by atoms with Crippen molar-refractivity contribution in [2.45, 2.75) is 63.5 Å². The van der Waals surface area contributed by atoms with Crippen molar-refractivity contribution in [3.63, 3.8) is 0 Å². The quantitative estimate of drug-likeness (QED) is 0.776. The molecule has 0 spiro atoms. The third-order valence-corrected chi connectivity index (χ3v) is 5.18. The van der Waals surface area contributed by atoms with Crippen LogP contribution in [0.1, 0.15) is 51.9 Å². The Morgan fingerprint density at radius 3 is 2.68 bits per heavy atom. The van der Waals surface area contributed by atoms with Crippen LogP contribution in [0.3, 0.4) is 0 Å². The minimum absolute atomic E-state index is 0.136. The molecule has 1 unspecified atom stereocenters. The van der Waals surface area contributed by atoms with Crippen molar-refractivity contribution in [1.82, 2.24) is 9.80 Å². The molecular weight excluding hydrogens is 280 g/mol. The molecule has 128 valence electrons. The molecule has 1 saturated heterocycles. The van der Waals surface area contributed by atoms with E-state index in [1.807, 2.05) is 4.90 Å². The van der Waals surface area contributed by atoms with Crippen molar-refractivity contribution in [2.24, 2.45) is 0 Å². The standard InChI is InChI=1S/C17H32N2O3/c1-3-6-15-14-19(10-9-18(15)11-12-22-2)16(20)13-17(21)7-4-5-8-17/h15,21H,3-14H2,1-2H3. The third-order valence-electron chi connectivity index (χ3n) is 5.18. The number of piperazine rings is 1. The summed E-state index contributed by atoms with van der Waals surface area (Å²) in [5, 5.41) is 10.5. The number of nitrogens with zero attached hydrogens (tertiary/aromatic N) is 2. The second-order valence-electron chi connectivity index (χ2n) is 6.92. The average molecular weight is 312 g/mol. The van der Waals surface area contributed by atoms with Crippen LogP contribution in [-0.4, -0.2) is 72.4 Å². The van der Waals surface area contributed by atoms with E-state index in [0.29, 0.717) is 12.5 Å². The molecule has 1 aliphatic heterocycles. The van der Waals surface area contributed by atoms with Crippen LogP contribution >= 0.6 is 0 Å². The zero-order valence-electron chi connectivity index (χ0n) is 14.2. The van der Waals surface area contributed by atoms with Crippen molar-refractivity contribution in [1.29, 1.82) is 0 Å². The van der Waals surface area contributed by atoms with E-state index in [2.05, 4.69) is 11.8 Å². The number of carbonyl (C=O) groups excluding carboxylic acids is 1. The summed E-state index contributed by atoms with van der Waals surface area (Å²) in [5.41, 5.74) is -0.732. The van der Waals surface area contributed by atoms with Crippen LogP contribution in [0.15, 0.2) is 0 Å². The lowest BCUT2D eigenvalue weighted by molar-refractivity contribution is -0.139. The van der Waals surface area contributed by atoms with Crippen molar-refractivity contribution in [3.05, 3.63) is 0 Å². The van der Waals surface area contributed by atoms with Gasteiger partial charge in [-0.05, 0) is 19.3 Å². The number of rotatable bonds is 7. The number of hydrogen-bond donors (Lipinski definition) is 1. The molecular formula is C17H32N2O3. The topological polar surface area (TPSA) is 53.0 Å². The van der Waals surface area contributed by atoms with Gasteiger partial charge in [-0.1, -0.05) is 26.2 Å². The Hall–Kier alpha value is -0.650. The van der Waals surface area contributed by atoms with Crippen molar-refractivity contribution in [3.8, 4) is 0 Å². The van der Waals surface area contributed by atoms with E-state index in [0.717, 1.165) is 71.3 Å². The van der Waals surface area contributed by atoms with Gasteiger partial charge in [0.1, 0.15) is 0 Å². The molecule has 2 rings (SSSR count). The van der Waals surface area contributed by atoms with Gasteiger partial charge in [-0.15, -0.1) is 0 Å². The van der Waals surface area contributed by atoms with Crippen LogP contribution in [0.5, 0.6) is 0 Å². The van der Waals surface area contributed by atoms with E-state index in [1.165, 1.54) is 0 Å². The molecule has 1 heterocycles. The van der Waals surface area contributed by atoms with Crippen molar-refractivity contribution >= 4 is 5.91 Å². The molecule has 1 atom stereocenters. The summed E-state index contributed by atoms with van der Waals surface area (Å²) in [6.45, 7) is 6.36. The Kier molecular flexibility index (Phi) is 6.66. The van der Waals surface area contributed by atoms with Crippen molar-refractivity contribution in [2.75, 3.05) is 39.9 Å². The van der Waals surface area contributed by atoms with Crippen molar-refractivity contribution < 1.29 is 14.6 Å². The Morgan fingerprint density at radius 1 is 1.32 bits per heavy atom. The third kappa shape index (κ3) is 4.67. The monoisotopic (exact) mass is 312 g/mol. The normalized spacial score (nSPS) is 25.6. The van der Waals surface area contributed by atoms with Gasteiger partial charge in [0.05, 0.1) is 18.6 Å². The molecule has 0 radical (unpaired) electrons. The minimum atomic E-state index is -0.732. The first-order valence-electron chi connectivity index (χ1n) is 8.81. The molecule has 2 aliphatic rings. The van der Waals surface area contributed by atoms with Gasteiger partial charge in [0.15, 0.2) is 0 Å². The molecule has 0 aromatic carbocycles. The highest BCUT2D eigenvalue weighted by atomic mass is 16.5. The molecule has 2 fully saturated rings. The minimum Gasteiger partial charge on any atom is -0.389 e. The van der Waals surface area contributed by atoms with Gasteiger partial charge < -0.3 is 14.7 Å². The van der Waals surface area contributed by atoms with E-state index >= 15 is 0 Å². The van der Waals surface area contributed by atoms with E-state index in [-0.39, 0.29) is 5.91 Å². The Bertz CT molecular complexity index is 356. The lowest BCUT2D eigenvalue weighted by Crippen LogP contribution is -2.56. The van der Waals surface area contributed by atoms with Crippen LogP contribution in [0, 0.1) is 0 Å². The molecule has 0 aromatic rings. The molecule has 1 amide bonds. The maximum absolute atomic E-state index is 12.6. The number of amides is 1. The highest BCUT2D eigenvalue weighted by molar-refractivity contribution is 5.77. The zero-order chi connectivity index (χ0) is 16.0. The van der Waals surface area contributed by atoms with Gasteiger partial charge in [0.25, 0.3) is 0 Å². The second kappa shape index (κ2) is 8.27. The van der Waals surface area contributed by atoms with Gasteiger partial charge in [-0.2, -0.15) is 0 Å². The Morgan fingerprint density at radius 2 is 2.05 bits per heavy atom. The summed E-state index contributed by atoms with van der Waals surface area (Å²) in [6, 6.07) is 0.427. The lowest BCUT2D eigenvalue weighted by Gasteiger charge is -2.42. The number of carbonyl (C=O) groups is 1. The summed E-state index contributed by atoms with van der Waals surface area (Å²) in [4.78, 5) is 17.0. The van der Waals surface area contributed by atoms with E-state index < -0.39 is 5.60 Å². The van der Waals surface area contributed by atoms with E-state index in [4.69, 9.17) is 4.74 Å². The number of methoxy groups -OCH3 is 1. The molecule has 5 nitrogen and oxygen atoms in total. The zero-order valence-corrected chi connectivity index (χ0v) is 14.2. The first kappa shape index (κ1) is 17.7. The Balaban J connectivity index is 1.88. The van der Waals surface area contributed by atoms with Crippen LogP contribution in [0.25, 0.3) is 0 Å². The molecule has 1 N–H and O–H groups in total. The second-order valence-corrected chi connectivity index (χ2v) is 6.92. The fourth-order valence-corrected chi connectivity index (χ4v) is 3.83. The first-order chi connectivity index (χ1) is 10.6. The summed E-state index contributed by atoms with van der Waals surface area (Å²) >= 11 is 0. The van der Waals surface area contributed by atoms with Gasteiger partial charge in [0, 0.05) is 39.3 Å². The molecule has 1 saturated carbocycles. The number of hydrogen-bond acceptors (Lipinski definition) is 4. The first-order valence-corrected chi connectivity index (χ1v) is 8.81. The van der Waals surface area contributed by atoms with E-state index in [1.54, 1.807) is 7.11 Å². The number of ether oxygens (including phenoxy) is 1. The van der Waals surface area contributed by atoms with Crippen LogP contribution in [-0.2, 0) is 9.53 Å². The van der Waals surface area contributed by atoms with Gasteiger partial charge in [-0.3, -0.25) is 9.69 Å². The predicted molar refractivity (Wildman–Crippen MR) is 86.8 cm³/mol. The van der Waals surface area contributed by atoms with Crippen LogP contribution in [0.4, 0.5) is 0 Å². The largest absolute Gasteiger partial charge is 0.389 e. The fraction of sp³-hybridized carbons (Fsp3) is 0.941. The highest BCUT2D eigenvalue weighted by Crippen LogP contribution is 2.33. The molecule has 22 heavy (non-hydrogen) atoms. The van der Waals surface area contributed by atoms with Gasteiger partial charge in [-0.25, -0.2) is 0 Å².